The maximum Gasteiger partial charge on any atom is 0.347 e. The molecule has 0 heterocycles. The molecule has 0 aromatic heterocycles. The normalized spacial score (nSPS) is 10.8. The Morgan fingerprint density at radius 3 is 2.17 bits per heavy atom. The predicted molar refractivity (Wildman–Crippen MR) is 76.1 cm³/mol. The summed E-state index contributed by atoms with van der Waals surface area (Å²) in [6.07, 6.45) is 0. The number of esters is 2. The van der Waals surface area contributed by atoms with Crippen molar-refractivity contribution in [1.82, 2.24) is 4.90 Å². The summed E-state index contributed by atoms with van der Waals surface area (Å²) in [6, 6.07) is 0. The SMILES string of the molecule is COCCN(CCOC(=O)CN)CC(=O)OC(C)(C)C(=O)O.[W]. The Kier molecular flexibility index (Phi) is 13.1. The number of carbonyl (C=O) groups is 3. The molecule has 23 heavy (non-hydrogen) atoms. The van der Waals surface area contributed by atoms with Crippen molar-refractivity contribution in [2.75, 3.05) is 46.5 Å². The van der Waals surface area contributed by atoms with Crippen LogP contribution in [0, 0.1) is 0 Å². The van der Waals surface area contributed by atoms with Crippen molar-refractivity contribution in [3.8, 4) is 0 Å². The smallest absolute Gasteiger partial charge is 0.347 e. The van der Waals surface area contributed by atoms with E-state index in [-0.39, 0.29) is 47.3 Å². The number of nitrogens with zero attached hydrogens (tertiary/aromatic N) is 1. The van der Waals surface area contributed by atoms with Crippen molar-refractivity contribution in [3.05, 3.63) is 0 Å². The number of hydrogen-bond donors (Lipinski definition) is 2. The first-order valence-corrected chi connectivity index (χ1v) is 6.75. The van der Waals surface area contributed by atoms with Crippen LogP contribution in [0.15, 0.2) is 0 Å². The van der Waals surface area contributed by atoms with E-state index >= 15 is 0 Å². The number of nitrogens with two attached hydrogens (primary N) is 1. The molecule has 0 aromatic carbocycles. The Bertz CT molecular complexity index is 391. The van der Waals surface area contributed by atoms with Gasteiger partial charge in [-0.25, -0.2) is 4.79 Å². The van der Waals surface area contributed by atoms with E-state index in [1.54, 1.807) is 4.90 Å². The van der Waals surface area contributed by atoms with Gasteiger partial charge >= 0.3 is 17.9 Å². The summed E-state index contributed by atoms with van der Waals surface area (Å²) in [5, 5.41) is 8.92. The summed E-state index contributed by atoms with van der Waals surface area (Å²) in [7, 11) is 1.51. The third-order valence-corrected chi connectivity index (χ3v) is 2.69. The zero-order chi connectivity index (χ0) is 17.2. The molecule has 0 bridgehead atoms. The summed E-state index contributed by atoms with van der Waals surface area (Å²) in [5.74, 6) is -2.46. The summed E-state index contributed by atoms with van der Waals surface area (Å²) < 4.78 is 14.7. The molecule has 0 radical (unpaired) electrons. The van der Waals surface area contributed by atoms with Gasteiger partial charge in [0.15, 0.2) is 0 Å². The van der Waals surface area contributed by atoms with Crippen LogP contribution in [0.25, 0.3) is 0 Å². The second-order valence-corrected chi connectivity index (χ2v) is 4.98. The van der Waals surface area contributed by atoms with E-state index in [4.69, 9.17) is 25.1 Å². The van der Waals surface area contributed by atoms with Gasteiger partial charge in [-0.2, -0.15) is 0 Å². The fraction of sp³-hybridized carbons (Fsp3) is 0.769. The molecule has 3 N–H and O–H groups in total. The molecular weight excluding hydrogens is 480 g/mol. The van der Waals surface area contributed by atoms with Crippen molar-refractivity contribution < 1.29 is 54.8 Å². The van der Waals surface area contributed by atoms with E-state index in [2.05, 4.69) is 0 Å². The minimum atomic E-state index is -1.60. The molecule has 0 aliphatic carbocycles. The van der Waals surface area contributed by atoms with Crippen LogP contribution in [0.4, 0.5) is 0 Å². The Balaban J connectivity index is 0. The molecule has 0 fully saturated rings. The van der Waals surface area contributed by atoms with Crippen molar-refractivity contribution >= 4 is 17.9 Å². The van der Waals surface area contributed by atoms with Crippen LogP contribution in [-0.2, 0) is 49.7 Å². The quantitative estimate of drug-likeness (QED) is 0.335. The molecule has 0 rings (SSSR count). The van der Waals surface area contributed by atoms with E-state index in [0.29, 0.717) is 13.2 Å². The van der Waals surface area contributed by atoms with E-state index in [9.17, 15) is 14.4 Å². The van der Waals surface area contributed by atoms with Crippen molar-refractivity contribution in [1.29, 1.82) is 0 Å². The molecule has 0 saturated heterocycles. The Labute approximate surface area is 149 Å². The first-order chi connectivity index (χ1) is 10.2. The number of carboxylic acid groups (broad SMARTS) is 1. The van der Waals surface area contributed by atoms with Crippen LogP contribution < -0.4 is 5.73 Å². The molecule has 0 aliphatic heterocycles. The summed E-state index contributed by atoms with van der Waals surface area (Å²) in [5.41, 5.74) is 3.51. The third kappa shape index (κ3) is 11.2. The maximum atomic E-state index is 11.8. The summed E-state index contributed by atoms with van der Waals surface area (Å²) in [6.45, 7) is 3.32. The van der Waals surface area contributed by atoms with Crippen LogP contribution in [0.1, 0.15) is 13.8 Å². The first kappa shape index (κ1) is 24.2. The molecule has 0 amide bonds. The standard InChI is InChI=1S/C13H24N2O7.W/c1-13(2,12(18)19)22-11(17)9-15(4-6-20-3)5-7-21-10(16)8-14;/h4-9,14H2,1-3H3,(H,18,19);. The van der Waals surface area contributed by atoms with Gasteiger partial charge in [0.05, 0.1) is 19.7 Å². The van der Waals surface area contributed by atoms with Gasteiger partial charge in [0.2, 0.25) is 5.60 Å². The van der Waals surface area contributed by atoms with Crippen molar-refractivity contribution in [2.45, 2.75) is 19.4 Å². The van der Waals surface area contributed by atoms with Crippen molar-refractivity contribution in [3.63, 3.8) is 0 Å². The molecule has 0 saturated carbocycles. The first-order valence-electron chi connectivity index (χ1n) is 6.75. The Morgan fingerprint density at radius 1 is 1.13 bits per heavy atom. The third-order valence-electron chi connectivity index (χ3n) is 2.69. The van der Waals surface area contributed by atoms with Gasteiger partial charge in [-0.1, -0.05) is 0 Å². The van der Waals surface area contributed by atoms with E-state index in [0.717, 1.165) is 0 Å². The number of aliphatic carboxylic acids is 1. The van der Waals surface area contributed by atoms with Gasteiger partial charge in [0, 0.05) is 41.3 Å². The number of hydrogen-bond acceptors (Lipinski definition) is 8. The predicted octanol–water partition coefficient (Wildman–Crippen LogP) is -1.16. The molecule has 10 heteroatoms. The summed E-state index contributed by atoms with van der Waals surface area (Å²) >= 11 is 0. The van der Waals surface area contributed by atoms with Gasteiger partial charge in [-0.05, 0) is 13.8 Å². The number of carbonyl (C=O) groups excluding carboxylic acids is 2. The number of carboxylic acids is 1. The topological polar surface area (TPSA) is 128 Å². The van der Waals surface area contributed by atoms with E-state index in [1.807, 2.05) is 0 Å². The van der Waals surface area contributed by atoms with Crippen LogP contribution in [0.3, 0.4) is 0 Å². The van der Waals surface area contributed by atoms with Gasteiger partial charge < -0.3 is 25.1 Å². The largest absolute Gasteiger partial charge is 0.478 e. The van der Waals surface area contributed by atoms with Gasteiger partial charge in [-0.3, -0.25) is 14.5 Å². The minimum absolute atomic E-state index is 0. The molecular formula is C13H24N2O7W. The zero-order valence-corrected chi connectivity index (χ0v) is 16.5. The average molecular weight is 504 g/mol. The molecule has 0 unspecified atom stereocenters. The number of ether oxygens (including phenoxy) is 3. The molecule has 0 spiro atoms. The van der Waals surface area contributed by atoms with Crippen LogP contribution >= 0.6 is 0 Å². The van der Waals surface area contributed by atoms with Crippen LogP contribution in [0.5, 0.6) is 0 Å². The zero-order valence-electron chi connectivity index (χ0n) is 13.6. The Hall–Kier alpha value is -1.02. The van der Waals surface area contributed by atoms with Crippen LogP contribution in [0.2, 0.25) is 0 Å². The van der Waals surface area contributed by atoms with Crippen LogP contribution in [-0.4, -0.2) is 80.0 Å². The second-order valence-electron chi connectivity index (χ2n) is 4.98. The van der Waals surface area contributed by atoms with Crippen molar-refractivity contribution in [2.24, 2.45) is 5.73 Å². The van der Waals surface area contributed by atoms with Gasteiger partial charge in [0.1, 0.15) is 6.61 Å². The molecule has 0 aromatic rings. The molecule has 134 valence electrons. The maximum absolute atomic E-state index is 11.8. The summed E-state index contributed by atoms with van der Waals surface area (Å²) in [4.78, 5) is 35.3. The fourth-order valence-corrected chi connectivity index (χ4v) is 1.38. The monoisotopic (exact) mass is 504 g/mol. The number of rotatable bonds is 11. The minimum Gasteiger partial charge on any atom is -0.478 e. The molecule has 9 nitrogen and oxygen atoms in total. The fourth-order valence-electron chi connectivity index (χ4n) is 1.38. The van der Waals surface area contributed by atoms with E-state index < -0.39 is 23.5 Å². The Morgan fingerprint density at radius 2 is 1.70 bits per heavy atom. The van der Waals surface area contributed by atoms with Gasteiger partial charge in [-0.15, -0.1) is 0 Å². The molecule has 0 atom stereocenters. The second kappa shape index (κ2) is 12.4. The van der Waals surface area contributed by atoms with Gasteiger partial charge in [0.25, 0.3) is 0 Å². The number of methoxy groups -OCH3 is 1. The van der Waals surface area contributed by atoms with E-state index in [1.165, 1.54) is 21.0 Å². The molecule has 0 aliphatic rings. The average Bonchev–Trinajstić information content (AvgIpc) is 2.43.